The topological polar surface area (TPSA) is 199 Å². The molecule has 0 bridgehead atoms. The minimum absolute atomic E-state index is 0.0390. The van der Waals surface area contributed by atoms with Crippen LogP contribution in [0.2, 0.25) is 0 Å². The van der Waals surface area contributed by atoms with E-state index in [1.807, 2.05) is 0 Å². The van der Waals surface area contributed by atoms with Gasteiger partial charge in [0.15, 0.2) is 17.6 Å². The van der Waals surface area contributed by atoms with Crippen molar-refractivity contribution in [2.45, 2.75) is 50.3 Å². The Bertz CT molecular complexity index is 1080. The van der Waals surface area contributed by atoms with E-state index in [9.17, 15) is 39.9 Å². The summed E-state index contributed by atoms with van der Waals surface area (Å²) < 4.78 is 27.2. The third-order valence-electron chi connectivity index (χ3n) is 7.01. The molecule has 9 atom stereocenters. The Morgan fingerprint density at radius 1 is 1.11 bits per heavy atom. The lowest BCUT2D eigenvalue weighted by molar-refractivity contribution is -0.341. The summed E-state index contributed by atoms with van der Waals surface area (Å²) in [6.07, 6.45) is -8.16. The van der Waals surface area contributed by atoms with E-state index in [1.54, 1.807) is 6.92 Å². The van der Waals surface area contributed by atoms with Gasteiger partial charge in [-0.1, -0.05) is 13.0 Å². The van der Waals surface area contributed by atoms with Crippen LogP contribution in [0.15, 0.2) is 30.0 Å². The minimum Gasteiger partial charge on any atom is -0.504 e. The maximum absolute atomic E-state index is 12.8. The summed E-state index contributed by atoms with van der Waals surface area (Å²) in [6, 6.07) is 3.59. The number of phenols is 2. The summed E-state index contributed by atoms with van der Waals surface area (Å²) in [5, 5.41) is 50.4. The zero-order valence-corrected chi connectivity index (χ0v) is 19.9. The van der Waals surface area contributed by atoms with Gasteiger partial charge in [-0.3, -0.25) is 4.79 Å². The fraction of sp³-hybridized carbons (Fsp3) is 0.542. The highest BCUT2D eigenvalue weighted by atomic mass is 16.8. The van der Waals surface area contributed by atoms with E-state index < -0.39 is 90.4 Å². The fourth-order valence-corrected chi connectivity index (χ4v) is 4.91. The van der Waals surface area contributed by atoms with Gasteiger partial charge in [0.1, 0.15) is 29.7 Å². The number of ketones is 1. The lowest BCUT2D eigenvalue weighted by atomic mass is 9.83. The van der Waals surface area contributed by atoms with E-state index in [-0.39, 0.29) is 17.8 Å². The molecule has 37 heavy (non-hydrogen) atoms. The van der Waals surface area contributed by atoms with Crippen LogP contribution < -0.4 is 0 Å². The molecule has 3 aliphatic rings. The number of benzene rings is 1. The summed E-state index contributed by atoms with van der Waals surface area (Å²) in [5.41, 5.74) is -0.278. The number of methoxy groups -OCH3 is 1. The van der Waals surface area contributed by atoms with Crippen molar-refractivity contribution < 1.29 is 63.6 Å². The first kappa shape index (κ1) is 26.8. The Morgan fingerprint density at radius 2 is 1.84 bits per heavy atom. The molecule has 13 heteroatoms. The van der Waals surface area contributed by atoms with Crippen LogP contribution in [0.1, 0.15) is 23.7 Å². The molecule has 2 heterocycles. The molecule has 1 aromatic rings. The molecule has 13 nitrogen and oxygen atoms in total. The second-order valence-corrected chi connectivity index (χ2v) is 9.10. The number of rotatable bonds is 6. The van der Waals surface area contributed by atoms with Crippen LogP contribution in [0.3, 0.4) is 0 Å². The highest BCUT2D eigenvalue weighted by Crippen LogP contribution is 2.46. The maximum atomic E-state index is 12.8. The molecule has 0 aromatic heterocycles. The SMILES string of the molecule is COC(=O)C1=COC(OC2OC(CO)C(O)C(O)C2OC(=O)c2cccc(O)c2O)C2C(C)C(=O)CC12. The van der Waals surface area contributed by atoms with Crippen LogP contribution in [-0.4, -0.2) is 94.0 Å². The number of carbonyl (C=O) groups excluding carboxylic acids is 3. The van der Waals surface area contributed by atoms with Crippen molar-refractivity contribution >= 4 is 17.7 Å². The number of aliphatic hydroxyl groups is 3. The molecule has 1 saturated carbocycles. The monoisotopic (exact) mass is 524 g/mol. The van der Waals surface area contributed by atoms with Crippen LogP contribution in [0, 0.1) is 17.8 Å². The van der Waals surface area contributed by atoms with Crippen molar-refractivity contribution in [1.82, 2.24) is 0 Å². The second-order valence-electron chi connectivity index (χ2n) is 9.10. The van der Waals surface area contributed by atoms with Gasteiger partial charge in [0.05, 0.1) is 25.6 Å². The predicted molar refractivity (Wildman–Crippen MR) is 119 cm³/mol. The number of Topliss-reactive ketones (excluding diaryl/α,β-unsaturated/α-hetero) is 1. The van der Waals surface area contributed by atoms with Crippen LogP contribution >= 0.6 is 0 Å². The van der Waals surface area contributed by atoms with Crippen LogP contribution in [0.25, 0.3) is 0 Å². The molecular weight excluding hydrogens is 496 g/mol. The van der Waals surface area contributed by atoms with Gasteiger partial charge >= 0.3 is 11.9 Å². The van der Waals surface area contributed by atoms with Gasteiger partial charge < -0.3 is 49.2 Å². The van der Waals surface area contributed by atoms with Crippen molar-refractivity contribution in [2.75, 3.05) is 13.7 Å². The lowest BCUT2D eigenvalue weighted by Crippen LogP contribution is -2.61. The zero-order chi connectivity index (χ0) is 27.0. The summed E-state index contributed by atoms with van der Waals surface area (Å²) in [4.78, 5) is 37.5. The van der Waals surface area contributed by atoms with Gasteiger partial charge in [0, 0.05) is 24.2 Å². The predicted octanol–water partition coefficient (Wildman–Crippen LogP) is -0.667. The normalized spacial score (nSPS) is 35.2. The lowest BCUT2D eigenvalue weighted by Gasteiger charge is -2.44. The van der Waals surface area contributed by atoms with Crippen molar-refractivity contribution in [1.29, 1.82) is 0 Å². The number of aliphatic hydroxyl groups excluding tert-OH is 3. The minimum atomic E-state index is -1.80. The Morgan fingerprint density at radius 3 is 2.51 bits per heavy atom. The molecule has 9 unspecified atom stereocenters. The average Bonchev–Trinajstić information content (AvgIpc) is 3.18. The van der Waals surface area contributed by atoms with Gasteiger partial charge in [-0.2, -0.15) is 0 Å². The highest BCUT2D eigenvalue weighted by Gasteiger charge is 2.54. The Hall–Kier alpha value is -3.23. The second kappa shape index (κ2) is 10.6. The van der Waals surface area contributed by atoms with E-state index in [2.05, 4.69) is 0 Å². The third-order valence-corrected chi connectivity index (χ3v) is 7.01. The number of fused-ring (bicyclic) bond motifs is 1. The Balaban J connectivity index is 1.62. The van der Waals surface area contributed by atoms with Crippen LogP contribution in [0.4, 0.5) is 0 Å². The molecule has 4 rings (SSSR count). The molecule has 0 radical (unpaired) electrons. The molecule has 1 aliphatic carbocycles. The summed E-state index contributed by atoms with van der Waals surface area (Å²) in [7, 11) is 1.20. The van der Waals surface area contributed by atoms with Gasteiger partial charge in [-0.25, -0.2) is 9.59 Å². The fourth-order valence-electron chi connectivity index (χ4n) is 4.91. The van der Waals surface area contributed by atoms with E-state index in [0.717, 1.165) is 18.4 Å². The van der Waals surface area contributed by atoms with Crippen molar-refractivity contribution in [3.8, 4) is 11.5 Å². The first-order valence-electron chi connectivity index (χ1n) is 11.5. The molecule has 5 N–H and O–H groups in total. The van der Waals surface area contributed by atoms with E-state index >= 15 is 0 Å². The van der Waals surface area contributed by atoms with E-state index in [1.165, 1.54) is 13.2 Å². The molecular formula is C24H28O13. The van der Waals surface area contributed by atoms with E-state index in [4.69, 9.17) is 23.7 Å². The molecule has 202 valence electrons. The quantitative estimate of drug-likeness (QED) is 0.232. The van der Waals surface area contributed by atoms with Gasteiger partial charge in [-0.15, -0.1) is 0 Å². The van der Waals surface area contributed by atoms with Gasteiger partial charge in [-0.05, 0) is 12.1 Å². The summed E-state index contributed by atoms with van der Waals surface area (Å²) in [6.45, 7) is 0.927. The summed E-state index contributed by atoms with van der Waals surface area (Å²) in [5.74, 6) is -5.18. The van der Waals surface area contributed by atoms with Crippen molar-refractivity contribution in [2.24, 2.45) is 17.8 Å². The maximum Gasteiger partial charge on any atom is 0.342 e. The Kier molecular flexibility index (Phi) is 7.71. The standard InChI is InChI=1S/C24H28O13/c1-9-14(27)6-11-12(21(31)33-2)8-34-23(16(9)11)37-24-20(19(30)18(29)15(7-25)35-24)36-22(32)10-4-3-5-13(26)17(10)28/h3-5,8-9,11,15-16,18-20,23-26,28-30H,6-7H2,1-2H3. The first-order chi connectivity index (χ1) is 17.6. The number of hydrogen-bond donors (Lipinski definition) is 5. The average molecular weight is 524 g/mol. The molecule has 0 amide bonds. The van der Waals surface area contributed by atoms with Crippen LogP contribution in [0.5, 0.6) is 11.5 Å². The molecule has 1 saturated heterocycles. The highest BCUT2D eigenvalue weighted by molar-refractivity contribution is 5.94. The number of para-hydroxylation sites is 1. The number of ether oxygens (including phenoxy) is 5. The van der Waals surface area contributed by atoms with Crippen LogP contribution in [-0.2, 0) is 33.3 Å². The number of phenolic OH excluding ortho intramolecular Hbond substituents is 2. The summed E-state index contributed by atoms with van der Waals surface area (Å²) >= 11 is 0. The smallest absolute Gasteiger partial charge is 0.342 e. The molecule has 1 aromatic carbocycles. The Labute approximate surface area is 210 Å². The molecule has 0 spiro atoms. The molecule has 2 aliphatic heterocycles. The third kappa shape index (κ3) is 4.88. The first-order valence-corrected chi connectivity index (χ1v) is 11.5. The number of hydrogen-bond acceptors (Lipinski definition) is 13. The van der Waals surface area contributed by atoms with Gasteiger partial charge in [0.25, 0.3) is 0 Å². The molecule has 2 fully saturated rings. The largest absolute Gasteiger partial charge is 0.504 e. The van der Waals surface area contributed by atoms with Gasteiger partial charge in [0.2, 0.25) is 12.6 Å². The number of aromatic hydroxyl groups is 2. The van der Waals surface area contributed by atoms with Crippen molar-refractivity contribution in [3.63, 3.8) is 0 Å². The number of esters is 2. The number of carbonyl (C=O) groups is 3. The zero-order valence-electron chi connectivity index (χ0n) is 19.9. The van der Waals surface area contributed by atoms with E-state index in [0.29, 0.717) is 0 Å². The van der Waals surface area contributed by atoms with Crippen molar-refractivity contribution in [3.05, 3.63) is 35.6 Å².